The molecular weight excluding hydrogens is 356 g/mol. The minimum atomic E-state index is -0.383. The van der Waals surface area contributed by atoms with Crippen molar-refractivity contribution in [3.63, 3.8) is 0 Å². The van der Waals surface area contributed by atoms with Gasteiger partial charge in [-0.1, -0.05) is 27.7 Å². The Kier molecular flexibility index (Phi) is 4.99. The summed E-state index contributed by atoms with van der Waals surface area (Å²) in [6.45, 7) is 10.1. The molecule has 5 saturated carbocycles. The summed E-state index contributed by atoms with van der Waals surface area (Å²) in [4.78, 5) is 0. The molecule has 0 radical (unpaired) electrons. The number of aliphatic hydroxyl groups is 2. The van der Waals surface area contributed by atoms with Crippen LogP contribution in [0.25, 0.3) is 0 Å². The number of hydrogen-bond donors (Lipinski definition) is 2. The van der Waals surface area contributed by atoms with Crippen LogP contribution in [0.3, 0.4) is 0 Å². The molecule has 5 rings (SSSR count). The fraction of sp³-hybridized carbons (Fsp3) is 1.00. The molecule has 5 fully saturated rings. The Morgan fingerprint density at radius 3 is 2.34 bits per heavy atom. The zero-order chi connectivity index (χ0) is 20.6. The van der Waals surface area contributed by atoms with Crippen molar-refractivity contribution in [2.45, 2.75) is 104 Å². The summed E-state index contributed by atoms with van der Waals surface area (Å²) in [5, 5.41) is 21.1. The summed E-state index contributed by atoms with van der Waals surface area (Å²) in [7, 11) is 0. The van der Waals surface area contributed by atoms with E-state index < -0.39 is 0 Å². The van der Waals surface area contributed by atoms with Crippen LogP contribution in [0.5, 0.6) is 0 Å². The van der Waals surface area contributed by atoms with E-state index in [4.69, 9.17) is 0 Å². The molecule has 0 aromatic heterocycles. The van der Waals surface area contributed by atoms with Gasteiger partial charge < -0.3 is 10.2 Å². The van der Waals surface area contributed by atoms with Crippen molar-refractivity contribution in [3.05, 3.63) is 0 Å². The fourth-order valence-corrected chi connectivity index (χ4v) is 9.89. The molecular formula is C27H46O2. The zero-order valence-electron chi connectivity index (χ0n) is 19.5. The van der Waals surface area contributed by atoms with Crippen LogP contribution in [0.15, 0.2) is 0 Å². The molecule has 0 bridgehead atoms. The molecule has 0 amide bonds. The molecule has 1 unspecified atom stereocenters. The standard InChI is InChI=1S/C27H46O2/c1-5-27(29)13-12-25(3)19(15-27)8-9-20-22(25)10-11-26(4)23(17(2)16-28)14-21(24(20)26)18-6-7-18/h17-24,28-29H,5-16H2,1-4H3/t17?,19-,20+,21-,22-,23+,24+,25-,26+,27-/m0/s1. The van der Waals surface area contributed by atoms with Gasteiger partial charge in [-0.15, -0.1) is 0 Å². The van der Waals surface area contributed by atoms with E-state index in [9.17, 15) is 10.2 Å². The van der Waals surface area contributed by atoms with Crippen LogP contribution in [-0.4, -0.2) is 22.4 Å². The maximum atomic E-state index is 11.0. The van der Waals surface area contributed by atoms with Gasteiger partial charge in [-0.2, -0.15) is 0 Å². The molecule has 2 nitrogen and oxygen atoms in total. The second-order valence-corrected chi connectivity index (χ2v) is 12.9. The molecule has 5 aliphatic rings. The Balaban J connectivity index is 1.45. The Bertz CT molecular complexity index is 628. The van der Waals surface area contributed by atoms with Crippen LogP contribution in [0.1, 0.15) is 98.3 Å². The fourth-order valence-electron chi connectivity index (χ4n) is 9.89. The molecule has 2 N–H and O–H groups in total. The molecule has 5 aliphatic carbocycles. The van der Waals surface area contributed by atoms with Crippen molar-refractivity contribution in [2.75, 3.05) is 6.61 Å². The average Bonchev–Trinajstić information content (AvgIpc) is 3.50. The van der Waals surface area contributed by atoms with E-state index in [1.165, 1.54) is 51.4 Å². The second kappa shape index (κ2) is 6.96. The number of rotatable bonds is 4. The summed E-state index contributed by atoms with van der Waals surface area (Å²) >= 11 is 0. The number of fused-ring (bicyclic) bond motifs is 5. The first-order valence-electron chi connectivity index (χ1n) is 13.1. The number of hydrogen-bond acceptors (Lipinski definition) is 2. The van der Waals surface area contributed by atoms with E-state index in [1.807, 2.05) is 0 Å². The zero-order valence-corrected chi connectivity index (χ0v) is 19.5. The SMILES string of the molecule is CC[C@]1(O)CC[C@@]2(C)[C@@H](CC[C@H]3[C@@H]4[C@H](C5CC5)C[C@H](C(C)CO)[C@@]4(C)CC[C@@H]32)C1. The van der Waals surface area contributed by atoms with Gasteiger partial charge in [0, 0.05) is 6.61 Å². The summed E-state index contributed by atoms with van der Waals surface area (Å²) < 4.78 is 0. The highest BCUT2D eigenvalue weighted by molar-refractivity contribution is 5.14. The Morgan fingerprint density at radius 2 is 1.69 bits per heavy atom. The Morgan fingerprint density at radius 1 is 0.931 bits per heavy atom. The van der Waals surface area contributed by atoms with Gasteiger partial charge in [-0.05, 0) is 129 Å². The van der Waals surface area contributed by atoms with Crippen molar-refractivity contribution in [2.24, 2.45) is 58.2 Å². The van der Waals surface area contributed by atoms with Gasteiger partial charge in [0.05, 0.1) is 5.60 Å². The van der Waals surface area contributed by atoms with Gasteiger partial charge in [-0.25, -0.2) is 0 Å². The maximum Gasteiger partial charge on any atom is 0.0648 e. The topological polar surface area (TPSA) is 40.5 Å². The molecule has 0 aliphatic heterocycles. The van der Waals surface area contributed by atoms with Crippen molar-refractivity contribution in [3.8, 4) is 0 Å². The lowest BCUT2D eigenvalue weighted by molar-refractivity contribution is -0.158. The summed E-state index contributed by atoms with van der Waals surface area (Å²) in [5.41, 5.74) is 0.533. The Hall–Kier alpha value is -0.0800. The first kappa shape index (κ1) is 20.8. The van der Waals surface area contributed by atoms with Crippen LogP contribution < -0.4 is 0 Å². The van der Waals surface area contributed by atoms with Gasteiger partial charge in [0.2, 0.25) is 0 Å². The first-order chi connectivity index (χ1) is 13.8. The molecule has 0 aromatic carbocycles. The predicted molar refractivity (Wildman–Crippen MR) is 118 cm³/mol. The van der Waals surface area contributed by atoms with Gasteiger partial charge in [-0.3, -0.25) is 0 Å². The predicted octanol–water partition coefficient (Wildman–Crippen LogP) is 6.05. The summed E-state index contributed by atoms with van der Waals surface area (Å²) in [6.07, 6.45) is 14.1. The molecule has 2 heteroatoms. The van der Waals surface area contributed by atoms with E-state index in [2.05, 4.69) is 27.7 Å². The third-order valence-corrected chi connectivity index (χ3v) is 11.8. The molecule has 0 spiro atoms. The van der Waals surface area contributed by atoms with Gasteiger partial charge in [0.15, 0.2) is 0 Å². The third kappa shape index (κ3) is 3.01. The van der Waals surface area contributed by atoms with Crippen LogP contribution in [0.4, 0.5) is 0 Å². The van der Waals surface area contributed by atoms with E-state index in [-0.39, 0.29) is 5.60 Å². The molecule has 10 atom stereocenters. The molecule has 29 heavy (non-hydrogen) atoms. The molecule has 0 aromatic rings. The Labute approximate surface area is 179 Å². The molecule has 0 heterocycles. The minimum absolute atomic E-state index is 0.369. The lowest BCUT2D eigenvalue weighted by Crippen LogP contribution is -2.56. The van der Waals surface area contributed by atoms with E-state index in [0.717, 1.165) is 60.7 Å². The quantitative estimate of drug-likeness (QED) is 0.601. The smallest absolute Gasteiger partial charge is 0.0648 e. The lowest BCUT2D eigenvalue weighted by Gasteiger charge is -2.63. The maximum absolute atomic E-state index is 11.0. The highest BCUT2D eigenvalue weighted by atomic mass is 16.3. The van der Waals surface area contributed by atoms with Crippen LogP contribution in [0, 0.1) is 58.2 Å². The monoisotopic (exact) mass is 402 g/mol. The average molecular weight is 403 g/mol. The van der Waals surface area contributed by atoms with E-state index in [0.29, 0.717) is 23.4 Å². The first-order valence-corrected chi connectivity index (χ1v) is 13.1. The minimum Gasteiger partial charge on any atom is -0.396 e. The largest absolute Gasteiger partial charge is 0.396 e. The third-order valence-electron chi connectivity index (χ3n) is 11.8. The van der Waals surface area contributed by atoms with Crippen molar-refractivity contribution in [1.29, 1.82) is 0 Å². The van der Waals surface area contributed by atoms with Gasteiger partial charge >= 0.3 is 0 Å². The van der Waals surface area contributed by atoms with Gasteiger partial charge in [0.25, 0.3) is 0 Å². The highest BCUT2D eigenvalue weighted by Crippen LogP contribution is 2.72. The normalized spacial score (nSPS) is 55.7. The number of aliphatic hydroxyl groups excluding tert-OH is 1. The van der Waals surface area contributed by atoms with Crippen LogP contribution in [-0.2, 0) is 0 Å². The van der Waals surface area contributed by atoms with Crippen molar-refractivity contribution in [1.82, 2.24) is 0 Å². The van der Waals surface area contributed by atoms with E-state index >= 15 is 0 Å². The molecule has 166 valence electrons. The van der Waals surface area contributed by atoms with Crippen molar-refractivity contribution < 1.29 is 10.2 Å². The summed E-state index contributed by atoms with van der Waals surface area (Å²) in [5.74, 6) is 6.54. The van der Waals surface area contributed by atoms with E-state index in [1.54, 1.807) is 0 Å². The van der Waals surface area contributed by atoms with Crippen molar-refractivity contribution >= 4 is 0 Å². The van der Waals surface area contributed by atoms with Crippen LogP contribution in [0.2, 0.25) is 0 Å². The molecule has 0 saturated heterocycles. The second-order valence-electron chi connectivity index (χ2n) is 12.9. The van der Waals surface area contributed by atoms with Crippen LogP contribution >= 0.6 is 0 Å². The van der Waals surface area contributed by atoms with Gasteiger partial charge in [0.1, 0.15) is 0 Å². The highest BCUT2D eigenvalue weighted by Gasteiger charge is 2.65. The lowest BCUT2D eigenvalue weighted by atomic mass is 9.43. The summed E-state index contributed by atoms with van der Waals surface area (Å²) in [6, 6.07) is 0.